The molecule has 2 fully saturated rings. The summed E-state index contributed by atoms with van der Waals surface area (Å²) in [6, 6.07) is 8.66. The van der Waals surface area contributed by atoms with Gasteiger partial charge in [-0.05, 0) is 11.1 Å². The van der Waals surface area contributed by atoms with Crippen molar-refractivity contribution in [3.05, 3.63) is 60.7 Å². The summed E-state index contributed by atoms with van der Waals surface area (Å²) in [7, 11) is 0. The first-order valence-corrected chi connectivity index (χ1v) is 21.9. The summed E-state index contributed by atoms with van der Waals surface area (Å²) >= 11 is 15.5. The van der Waals surface area contributed by atoms with Crippen molar-refractivity contribution in [2.75, 3.05) is 57.5 Å². The Morgan fingerprint density at radius 1 is 0.750 bits per heavy atom. The smallest absolute Gasteiger partial charge is 0.330 e. The van der Waals surface area contributed by atoms with Gasteiger partial charge in [0.2, 0.25) is 0 Å². The van der Waals surface area contributed by atoms with Crippen molar-refractivity contribution in [1.29, 1.82) is 0 Å². The molecule has 222 valence electrons. The lowest BCUT2D eigenvalue weighted by atomic mass is 10.2. The molecule has 2 saturated heterocycles. The van der Waals surface area contributed by atoms with Crippen LogP contribution in [0.3, 0.4) is 0 Å². The summed E-state index contributed by atoms with van der Waals surface area (Å²) in [6.07, 6.45) is 2.27. The second kappa shape index (κ2) is 21.2. The van der Waals surface area contributed by atoms with Gasteiger partial charge in [0.05, 0.1) is 9.16 Å². The molecule has 0 bridgehead atoms. The normalized spacial score (nSPS) is 17.4. The van der Waals surface area contributed by atoms with E-state index in [1.807, 2.05) is 70.6 Å². The minimum Gasteiger partial charge on any atom is -0.457 e. The highest BCUT2D eigenvalue weighted by Crippen LogP contribution is 2.35. The molecule has 0 amide bonds. The topological polar surface area (TPSA) is 52.6 Å². The molecule has 0 saturated carbocycles. The molecule has 0 aromatic heterocycles. The van der Waals surface area contributed by atoms with Gasteiger partial charge >= 0.3 is 11.9 Å². The quantitative estimate of drug-likeness (QED) is 0.101. The third-order valence-corrected chi connectivity index (χ3v) is 17.1. The highest BCUT2D eigenvalue weighted by molar-refractivity contribution is 8.21. The lowest BCUT2D eigenvalue weighted by Gasteiger charge is -2.18. The lowest BCUT2D eigenvalue weighted by Crippen LogP contribution is -2.23. The minimum absolute atomic E-state index is 0.116. The van der Waals surface area contributed by atoms with Crippen molar-refractivity contribution >= 4 is 106 Å². The molecule has 2 aliphatic rings. The van der Waals surface area contributed by atoms with E-state index in [0.717, 1.165) is 46.0 Å². The van der Waals surface area contributed by atoms with Crippen LogP contribution >= 0.6 is 94.1 Å². The zero-order valence-corrected chi connectivity index (χ0v) is 29.1. The molecule has 2 atom stereocenters. The van der Waals surface area contributed by atoms with E-state index in [1.54, 1.807) is 23.5 Å². The number of hydrogen-bond acceptors (Lipinski definition) is 12. The van der Waals surface area contributed by atoms with Crippen molar-refractivity contribution in [2.45, 2.75) is 32.9 Å². The Labute approximate surface area is 274 Å². The molecule has 2 aliphatic heterocycles. The van der Waals surface area contributed by atoms with E-state index in [4.69, 9.17) is 9.47 Å². The molecule has 12 heteroatoms. The van der Waals surface area contributed by atoms with Gasteiger partial charge in [-0.2, -0.15) is 47.0 Å². The van der Waals surface area contributed by atoms with E-state index < -0.39 is 0 Å². The van der Waals surface area contributed by atoms with Gasteiger partial charge in [-0.1, -0.05) is 37.4 Å². The summed E-state index contributed by atoms with van der Waals surface area (Å²) < 4.78 is 12.6. The van der Waals surface area contributed by atoms with Gasteiger partial charge < -0.3 is 9.47 Å². The van der Waals surface area contributed by atoms with Crippen LogP contribution in [-0.2, 0) is 30.6 Å². The van der Waals surface area contributed by atoms with Crippen LogP contribution in [0.4, 0.5) is 0 Å². The monoisotopic (exact) mass is 694 g/mol. The molecule has 0 N–H and O–H groups in total. The van der Waals surface area contributed by atoms with Crippen LogP contribution in [0, 0.1) is 0 Å². The second-order valence-electron chi connectivity index (χ2n) is 8.79. The largest absolute Gasteiger partial charge is 0.457 e. The van der Waals surface area contributed by atoms with E-state index in [0.29, 0.717) is 9.16 Å². The SMILES string of the molecule is C=CC(=O)OC(CSCc1cccc(CSCC(CSCC2SCCS2)OC(=O)C=C)c1)CSCC1SCCS1. The Hall–Kier alpha value is 0.440. The minimum atomic E-state index is -0.346. The fourth-order valence-electron chi connectivity index (χ4n) is 3.68. The first kappa shape index (κ1) is 34.9. The second-order valence-corrected chi connectivity index (χ2v) is 18.8. The zero-order valence-electron chi connectivity index (χ0n) is 22.6. The highest BCUT2D eigenvalue weighted by atomic mass is 32.2. The summed E-state index contributed by atoms with van der Waals surface area (Å²) in [6.45, 7) is 7.10. The molecule has 1 aromatic carbocycles. The molecule has 2 heterocycles. The van der Waals surface area contributed by atoms with Crippen molar-refractivity contribution in [2.24, 2.45) is 0 Å². The maximum Gasteiger partial charge on any atom is 0.330 e. The lowest BCUT2D eigenvalue weighted by molar-refractivity contribution is -0.141. The van der Waals surface area contributed by atoms with E-state index in [-0.39, 0.29) is 24.1 Å². The van der Waals surface area contributed by atoms with Gasteiger partial charge in [0, 0.05) is 81.2 Å². The van der Waals surface area contributed by atoms with Gasteiger partial charge in [0.15, 0.2) is 0 Å². The van der Waals surface area contributed by atoms with Crippen molar-refractivity contribution in [3.63, 3.8) is 0 Å². The molecule has 4 nitrogen and oxygen atoms in total. The van der Waals surface area contributed by atoms with Crippen LogP contribution in [0.25, 0.3) is 0 Å². The number of rotatable bonds is 20. The Kier molecular flexibility index (Phi) is 18.5. The Balaban J connectivity index is 1.40. The molecule has 0 aliphatic carbocycles. The van der Waals surface area contributed by atoms with Gasteiger partial charge in [-0.15, -0.1) is 47.0 Å². The Bertz CT molecular complexity index is 852. The van der Waals surface area contributed by atoms with Gasteiger partial charge in [0.25, 0.3) is 0 Å². The summed E-state index contributed by atoms with van der Waals surface area (Å²) in [4.78, 5) is 23.7. The number of carbonyl (C=O) groups is 2. The standard InChI is InChI=1S/C28H38O4S8/c1-3-25(29)31-23(17-35-19-27-37-8-9-38-27)15-33-13-21-6-5-7-22(12-21)14-34-16-24(32-26(30)4-2)18-36-20-28-39-10-11-40-28/h3-7,12,23-24,27-28H,1-2,8-11,13-20H2. The van der Waals surface area contributed by atoms with Crippen molar-refractivity contribution < 1.29 is 19.1 Å². The zero-order chi connectivity index (χ0) is 28.4. The number of esters is 2. The van der Waals surface area contributed by atoms with E-state index >= 15 is 0 Å². The Morgan fingerprint density at radius 2 is 1.15 bits per heavy atom. The van der Waals surface area contributed by atoms with E-state index in [1.165, 1.54) is 46.3 Å². The number of carbonyl (C=O) groups excluding carboxylic acids is 2. The van der Waals surface area contributed by atoms with Gasteiger partial charge in [-0.3, -0.25) is 0 Å². The predicted molar refractivity (Wildman–Crippen MR) is 191 cm³/mol. The number of hydrogen-bond donors (Lipinski definition) is 0. The van der Waals surface area contributed by atoms with E-state index in [9.17, 15) is 9.59 Å². The van der Waals surface area contributed by atoms with Crippen LogP contribution in [0.1, 0.15) is 11.1 Å². The molecule has 0 spiro atoms. The third kappa shape index (κ3) is 14.8. The molecule has 3 rings (SSSR count). The summed E-state index contributed by atoms with van der Waals surface area (Å²) in [5.41, 5.74) is 2.53. The average Bonchev–Trinajstić information content (AvgIpc) is 3.68. The molecule has 1 aromatic rings. The van der Waals surface area contributed by atoms with Gasteiger partial charge in [0.1, 0.15) is 12.2 Å². The molecule has 40 heavy (non-hydrogen) atoms. The van der Waals surface area contributed by atoms with Crippen LogP contribution in [0.2, 0.25) is 0 Å². The molecule has 2 unspecified atom stereocenters. The highest BCUT2D eigenvalue weighted by Gasteiger charge is 2.20. The average molecular weight is 695 g/mol. The van der Waals surface area contributed by atoms with Crippen LogP contribution < -0.4 is 0 Å². The van der Waals surface area contributed by atoms with Crippen LogP contribution in [0.15, 0.2) is 49.6 Å². The summed E-state index contributed by atoms with van der Waals surface area (Å²) in [5.74, 6) is 11.3. The van der Waals surface area contributed by atoms with Crippen molar-refractivity contribution in [3.8, 4) is 0 Å². The predicted octanol–water partition coefficient (Wildman–Crippen LogP) is 7.43. The fraction of sp³-hybridized carbons (Fsp3) is 0.571. The maximum absolute atomic E-state index is 11.9. The first-order chi connectivity index (χ1) is 19.6. The maximum atomic E-state index is 11.9. The van der Waals surface area contributed by atoms with Gasteiger partial charge in [-0.25, -0.2) is 9.59 Å². The number of ether oxygens (including phenoxy) is 2. The molecule has 0 radical (unpaired) electrons. The van der Waals surface area contributed by atoms with E-state index in [2.05, 4.69) is 37.4 Å². The number of thioether (sulfide) groups is 8. The first-order valence-electron chi connectivity index (χ1n) is 13.1. The van der Waals surface area contributed by atoms with Crippen molar-refractivity contribution in [1.82, 2.24) is 0 Å². The third-order valence-electron chi connectivity index (χ3n) is 5.53. The van der Waals surface area contributed by atoms with Crippen LogP contribution in [0.5, 0.6) is 0 Å². The Morgan fingerprint density at radius 3 is 1.55 bits per heavy atom. The molecular formula is C28H38O4S8. The number of benzene rings is 1. The van der Waals surface area contributed by atoms with Crippen LogP contribution in [-0.4, -0.2) is 90.8 Å². The molecular weight excluding hydrogens is 657 g/mol. The fourth-order valence-corrected chi connectivity index (χ4v) is 14.7. The summed E-state index contributed by atoms with van der Waals surface area (Å²) in [5, 5.41) is 0.